The zero-order chi connectivity index (χ0) is 13.0. The van der Waals surface area contributed by atoms with Gasteiger partial charge in [-0.25, -0.2) is 0 Å². The number of carbonyl (C=O) groups is 1. The SMILES string of the molecule is COc1ccccc1NC(=O)c1ccc(C)cc1. The summed E-state index contributed by atoms with van der Waals surface area (Å²) in [4.78, 5) is 12.0. The zero-order valence-corrected chi connectivity index (χ0v) is 10.4. The Morgan fingerprint density at radius 2 is 1.72 bits per heavy atom. The lowest BCUT2D eigenvalue weighted by molar-refractivity contribution is 0.102. The second-order valence-corrected chi connectivity index (χ2v) is 4.02. The first kappa shape index (κ1) is 12.2. The molecule has 0 aliphatic carbocycles. The van der Waals surface area contributed by atoms with Gasteiger partial charge in [-0.3, -0.25) is 4.79 Å². The number of para-hydroxylation sites is 2. The van der Waals surface area contributed by atoms with E-state index < -0.39 is 0 Å². The highest BCUT2D eigenvalue weighted by Crippen LogP contribution is 2.23. The van der Waals surface area contributed by atoms with Crippen LogP contribution in [0.3, 0.4) is 0 Å². The van der Waals surface area contributed by atoms with Crippen LogP contribution >= 0.6 is 0 Å². The molecule has 0 unspecified atom stereocenters. The molecule has 0 aromatic heterocycles. The van der Waals surface area contributed by atoms with Gasteiger partial charge in [0.1, 0.15) is 5.75 Å². The quantitative estimate of drug-likeness (QED) is 0.895. The molecule has 0 saturated heterocycles. The van der Waals surface area contributed by atoms with Crippen LogP contribution in [-0.2, 0) is 0 Å². The predicted molar refractivity (Wildman–Crippen MR) is 72.1 cm³/mol. The molecule has 2 aromatic rings. The molecule has 0 aliphatic rings. The molecule has 0 heterocycles. The van der Waals surface area contributed by atoms with E-state index in [9.17, 15) is 4.79 Å². The molecule has 0 atom stereocenters. The first-order valence-electron chi connectivity index (χ1n) is 5.72. The molecule has 0 saturated carbocycles. The molecule has 0 fully saturated rings. The zero-order valence-electron chi connectivity index (χ0n) is 10.4. The molecule has 0 bridgehead atoms. The van der Waals surface area contributed by atoms with Crippen molar-refractivity contribution in [2.45, 2.75) is 6.92 Å². The third-order valence-electron chi connectivity index (χ3n) is 2.67. The van der Waals surface area contributed by atoms with Crippen molar-refractivity contribution >= 4 is 11.6 Å². The van der Waals surface area contributed by atoms with Gasteiger partial charge in [0.2, 0.25) is 0 Å². The van der Waals surface area contributed by atoms with Gasteiger partial charge < -0.3 is 10.1 Å². The third kappa shape index (κ3) is 2.69. The predicted octanol–water partition coefficient (Wildman–Crippen LogP) is 3.26. The lowest BCUT2D eigenvalue weighted by Crippen LogP contribution is -2.12. The number of aryl methyl sites for hydroxylation is 1. The van der Waals surface area contributed by atoms with Gasteiger partial charge in [0.25, 0.3) is 5.91 Å². The van der Waals surface area contributed by atoms with Crippen molar-refractivity contribution in [3.8, 4) is 5.75 Å². The highest BCUT2D eigenvalue weighted by molar-refractivity contribution is 6.05. The van der Waals surface area contributed by atoms with E-state index in [0.29, 0.717) is 17.0 Å². The van der Waals surface area contributed by atoms with Crippen molar-refractivity contribution in [2.75, 3.05) is 12.4 Å². The topological polar surface area (TPSA) is 38.3 Å². The Hall–Kier alpha value is -2.29. The van der Waals surface area contributed by atoms with Crippen molar-refractivity contribution in [3.63, 3.8) is 0 Å². The Bertz CT molecular complexity index is 547. The van der Waals surface area contributed by atoms with E-state index in [0.717, 1.165) is 5.56 Å². The van der Waals surface area contributed by atoms with Crippen LogP contribution in [-0.4, -0.2) is 13.0 Å². The molecule has 0 spiro atoms. The summed E-state index contributed by atoms with van der Waals surface area (Å²) in [6.45, 7) is 1.99. The van der Waals surface area contributed by atoms with E-state index in [1.54, 1.807) is 19.2 Å². The van der Waals surface area contributed by atoms with Gasteiger partial charge in [0.15, 0.2) is 0 Å². The van der Waals surface area contributed by atoms with Gasteiger partial charge in [-0.1, -0.05) is 29.8 Å². The summed E-state index contributed by atoms with van der Waals surface area (Å²) in [7, 11) is 1.58. The van der Waals surface area contributed by atoms with Crippen LogP contribution in [0.1, 0.15) is 15.9 Å². The van der Waals surface area contributed by atoms with Crippen molar-refractivity contribution in [3.05, 3.63) is 59.7 Å². The fourth-order valence-corrected chi connectivity index (χ4v) is 1.65. The van der Waals surface area contributed by atoms with E-state index in [-0.39, 0.29) is 5.91 Å². The maximum atomic E-state index is 12.0. The van der Waals surface area contributed by atoms with Gasteiger partial charge >= 0.3 is 0 Å². The van der Waals surface area contributed by atoms with Gasteiger partial charge in [-0.05, 0) is 31.2 Å². The Morgan fingerprint density at radius 3 is 2.39 bits per heavy atom. The molecular weight excluding hydrogens is 226 g/mol. The standard InChI is InChI=1S/C15H15NO2/c1-11-7-9-12(10-8-11)15(17)16-13-5-3-4-6-14(13)18-2/h3-10H,1-2H3,(H,16,17). The molecule has 1 amide bonds. The highest BCUT2D eigenvalue weighted by Gasteiger charge is 2.08. The maximum absolute atomic E-state index is 12.0. The minimum absolute atomic E-state index is 0.139. The summed E-state index contributed by atoms with van der Waals surface area (Å²) in [6, 6.07) is 14.8. The number of rotatable bonds is 3. The van der Waals surface area contributed by atoms with E-state index in [1.165, 1.54) is 0 Å². The Kier molecular flexibility index (Phi) is 3.63. The van der Waals surface area contributed by atoms with Gasteiger partial charge in [0.05, 0.1) is 12.8 Å². The lowest BCUT2D eigenvalue weighted by Gasteiger charge is -2.09. The molecule has 3 nitrogen and oxygen atoms in total. The fourth-order valence-electron chi connectivity index (χ4n) is 1.65. The number of hydrogen-bond donors (Lipinski definition) is 1. The average molecular weight is 241 g/mol. The van der Waals surface area contributed by atoms with E-state index >= 15 is 0 Å². The molecule has 92 valence electrons. The molecule has 3 heteroatoms. The number of anilines is 1. The molecule has 0 aliphatic heterocycles. The number of methoxy groups -OCH3 is 1. The monoisotopic (exact) mass is 241 g/mol. The van der Waals surface area contributed by atoms with E-state index in [1.807, 2.05) is 43.3 Å². The minimum Gasteiger partial charge on any atom is -0.495 e. The molecule has 2 rings (SSSR count). The number of hydrogen-bond acceptors (Lipinski definition) is 2. The summed E-state index contributed by atoms with van der Waals surface area (Å²) in [5, 5.41) is 2.83. The normalized spacial score (nSPS) is 9.89. The summed E-state index contributed by atoms with van der Waals surface area (Å²) < 4.78 is 5.19. The smallest absolute Gasteiger partial charge is 0.255 e. The summed E-state index contributed by atoms with van der Waals surface area (Å²) >= 11 is 0. The molecule has 0 radical (unpaired) electrons. The number of ether oxygens (including phenoxy) is 1. The molecule has 1 N–H and O–H groups in total. The summed E-state index contributed by atoms with van der Waals surface area (Å²) in [5.74, 6) is 0.512. The first-order chi connectivity index (χ1) is 8.70. The summed E-state index contributed by atoms with van der Waals surface area (Å²) in [6.07, 6.45) is 0. The van der Waals surface area contributed by atoms with Crippen LogP contribution in [0.15, 0.2) is 48.5 Å². The number of carbonyl (C=O) groups excluding carboxylic acids is 1. The number of nitrogens with one attached hydrogen (secondary N) is 1. The largest absolute Gasteiger partial charge is 0.495 e. The van der Waals surface area contributed by atoms with Crippen LogP contribution in [0.25, 0.3) is 0 Å². The van der Waals surface area contributed by atoms with Gasteiger partial charge in [-0.2, -0.15) is 0 Å². The number of amides is 1. The third-order valence-corrected chi connectivity index (χ3v) is 2.67. The van der Waals surface area contributed by atoms with Crippen molar-refractivity contribution in [1.82, 2.24) is 0 Å². The summed E-state index contributed by atoms with van der Waals surface area (Å²) in [5.41, 5.74) is 2.43. The van der Waals surface area contributed by atoms with Crippen LogP contribution in [0.2, 0.25) is 0 Å². The van der Waals surface area contributed by atoms with Crippen LogP contribution < -0.4 is 10.1 Å². The highest BCUT2D eigenvalue weighted by atomic mass is 16.5. The van der Waals surface area contributed by atoms with Crippen molar-refractivity contribution in [2.24, 2.45) is 0 Å². The Morgan fingerprint density at radius 1 is 1.06 bits per heavy atom. The fraction of sp³-hybridized carbons (Fsp3) is 0.133. The molecule has 18 heavy (non-hydrogen) atoms. The van der Waals surface area contributed by atoms with Crippen molar-refractivity contribution < 1.29 is 9.53 Å². The Balaban J connectivity index is 2.18. The van der Waals surface area contributed by atoms with Crippen LogP contribution in [0, 0.1) is 6.92 Å². The number of benzene rings is 2. The van der Waals surface area contributed by atoms with Crippen LogP contribution in [0.5, 0.6) is 5.75 Å². The molecular formula is C15H15NO2. The first-order valence-corrected chi connectivity index (χ1v) is 5.72. The Labute approximate surface area is 106 Å². The van der Waals surface area contributed by atoms with Crippen molar-refractivity contribution in [1.29, 1.82) is 0 Å². The molecule has 2 aromatic carbocycles. The maximum Gasteiger partial charge on any atom is 0.255 e. The minimum atomic E-state index is -0.139. The van der Waals surface area contributed by atoms with Gasteiger partial charge in [0, 0.05) is 5.56 Å². The van der Waals surface area contributed by atoms with Crippen LogP contribution in [0.4, 0.5) is 5.69 Å². The van der Waals surface area contributed by atoms with Gasteiger partial charge in [-0.15, -0.1) is 0 Å². The lowest BCUT2D eigenvalue weighted by atomic mass is 10.1. The second-order valence-electron chi connectivity index (χ2n) is 4.02. The van der Waals surface area contributed by atoms with E-state index in [2.05, 4.69) is 5.32 Å². The van der Waals surface area contributed by atoms with E-state index in [4.69, 9.17) is 4.74 Å². The second kappa shape index (κ2) is 5.36. The average Bonchev–Trinajstić information content (AvgIpc) is 2.40.